The highest BCUT2D eigenvalue weighted by molar-refractivity contribution is 5.40. The summed E-state index contributed by atoms with van der Waals surface area (Å²) in [6.45, 7) is 0. The molecule has 0 aromatic carbocycles. The largest absolute Gasteiger partial charge is 0.363 e. The van der Waals surface area contributed by atoms with Crippen molar-refractivity contribution >= 4 is 5.82 Å². The van der Waals surface area contributed by atoms with E-state index >= 15 is 0 Å². The normalized spacial score (nSPS) is 17.8. The van der Waals surface area contributed by atoms with Gasteiger partial charge in [0, 0.05) is 11.8 Å². The number of rotatable bonds is 2. The molecule has 0 fully saturated rings. The standard InChI is InChI=1S/C14H14FN3O/c15-12-5-2-6-13(18-12)16-10-3-1-4-11-9(10)7-8-14(19)17-11/h2,5-8,10H,1,3-4H2,(H,16,18)(H,17,19). The first-order chi connectivity index (χ1) is 9.22. The Morgan fingerprint density at radius 3 is 3.05 bits per heavy atom. The van der Waals surface area contributed by atoms with Gasteiger partial charge in [0.2, 0.25) is 11.5 Å². The van der Waals surface area contributed by atoms with E-state index in [2.05, 4.69) is 15.3 Å². The molecule has 2 aromatic rings. The molecule has 1 unspecified atom stereocenters. The molecule has 0 amide bonds. The maximum atomic E-state index is 13.1. The molecule has 1 atom stereocenters. The fraction of sp³-hybridized carbons (Fsp3) is 0.286. The fourth-order valence-corrected chi connectivity index (χ4v) is 2.52. The van der Waals surface area contributed by atoms with Gasteiger partial charge >= 0.3 is 0 Å². The highest BCUT2D eigenvalue weighted by atomic mass is 19.1. The van der Waals surface area contributed by atoms with Gasteiger partial charge < -0.3 is 10.3 Å². The van der Waals surface area contributed by atoms with Crippen LogP contribution < -0.4 is 10.9 Å². The lowest BCUT2D eigenvalue weighted by molar-refractivity contribution is 0.570. The summed E-state index contributed by atoms with van der Waals surface area (Å²) in [4.78, 5) is 18.0. The van der Waals surface area contributed by atoms with E-state index < -0.39 is 5.95 Å². The van der Waals surface area contributed by atoms with Crippen LogP contribution in [0, 0.1) is 5.95 Å². The number of nitrogens with one attached hydrogen (secondary N) is 2. The van der Waals surface area contributed by atoms with Gasteiger partial charge in [0.25, 0.3) is 0 Å². The Kier molecular flexibility index (Phi) is 3.03. The zero-order valence-electron chi connectivity index (χ0n) is 10.3. The van der Waals surface area contributed by atoms with Crippen molar-refractivity contribution in [2.24, 2.45) is 0 Å². The molecule has 5 heteroatoms. The molecule has 98 valence electrons. The van der Waals surface area contributed by atoms with Crippen LogP contribution in [0.1, 0.15) is 30.1 Å². The van der Waals surface area contributed by atoms with Crippen LogP contribution in [0.5, 0.6) is 0 Å². The lowest BCUT2D eigenvalue weighted by atomic mass is 9.91. The molecule has 0 spiro atoms. The van der Waals surface area contributed by atoms with Gasteiger partial charge in [0.1, 0.15) is 5.82 Å². The summed E-state index contributed by atoms with van der Waals surface area (Å²) >= 11 is 0. The van der Waals surface area contributed by atoms with Crippen LogP contribution in [0.2, 0.25) is 0 Å². The molecule has 19 heavy (non-hydrogen) atoms. The number of aryl methyl sites for hydroxylation is 1. The Hall–Kier alpha value is -2.17. The third-order valence-corrected chi connectivity index (χ3v) is 3.37. The number of nitrogens with zero attached hydrogens (tertiary/aromatic N) is 1. The SMILES string of the molecule is O=c1ccc2c([nH]1)CCCC2Nc1cccc(F)n1. The molecule has 3 rings (SSSR count). The van der Waals surface area contributed by atoms with Crippen molar-refractivity contribution in [3.63, 3.8) is 0 Å². The van der Waals surface area contributed by atoms with Crippen molar-refractivity contribution in [1.82, 2.24) is 9.97 Å². The van der Waals surface area contributed by atoms with Crippen molar-refractivity contribution in [2.75, 3.05) is 5.32 Å². The van der Waals surface area contributed by atoms with Gasteiger partial charge in [0.05, 0.1) is 6.04 Å². The van der Waals surface area contributed by atoms with E-state index in [0.29, 0.717) is 5.82 Å². The Balaban J connectivity index is 1.90. The van der Waals surface area contributed by atoms with Crippen LogP contribution in [0.25, 0.3) is 0 Å². The van der Waals surface area contributed by atoms with Gasteiger partial charge in [-0.25, -0.2) is 4.98 Å². The summed E-state index contributed by atoms with van der Waals surface area (Å²) < 4.78 is 13.1. The third kappa shape index (κ3) is 2.50. The van der Waals surface area contributed by atoms with E-state index in [0.717, 1.165) is 30.5 Å². The van der Waals surface area contributed by atoms with Crippen LogP contribution >= 0.6 is 0 Å². The summed E-state index contributed by atoms with van der Waals surface area (Å²) in [5.41, 5.74) is 1.95. The first kappa shape index (κ1) is 11.9. The van der Waals surface area contributed by atoms with E-state index in [1.165, 1.54) is 12.1 Å². The van der Waals surface area contributed by atoms with Crippen LogP contribution in [0.15, 0.2) is 35.1 Å². The summed E-state index contributed by atoms with van der Waals surface area (Å²) in [6.07, 6.45) is 2.80. The first-order valence-electron chi connectivity index (χ1n) is 6.33. The monoisotopic (exact) mass is 259 g/mol. The van der Waals surface area contributed by atoms with E-state index in [-0.39, 0.29) is 11.6 Å². The van der Waals surface area contributed by atoms with Gasteiger partial charge in [-0.05, 0) is 43.0 Å². The summed E-state index contributed by atoms with van der Waals surface area (Å²) in [5.74, 6) is 0.0200. The number of fused-ring (bicyclic) bond motifs is 1. The molecular weight excluding hydrogens is 245 g/mol. The van der Waals surface area contributed by atoms with Crippen molar-refractivity contribution in [1.29, 1.82) is 0 Å². The lowest BCUT2D eigenvalue weighted by Crippen LogP contribution is -2.22. The number of anilines is 1. The van der Waals surface area contributed by atoms with Crippen LogP contribution in [-0.4, -0.2) is 9.97 Å². The average molecular weight is 259 g/mol. The second kappa shape index (κ2) is 4.84. The molecule has 2 N–H and O–H groups in total. The summed E-state index contributed by atoms with van der Waals surface area (Å²) in [5, 5.41) is 3.22. The van der Waals surface area contributed by atoms with Crippen LogP contribution in [-0.2, 0) is 6.42 Å². The van der Waals surface area contributed by atoms with Gasteiger partial charge in [-0.15, -0.1) is 0 Å². The first-order valence-corrected chi connectivity index (χ1v) is 6.33. The molecule has 0 bridgehead atoms. The molecular formula is C14H14FN3O. The second-order valence-electron chi connectivity index (χ2n) is 4.69. The Morgan fingerprint density at radius 2 is 2.21 bits per heavy atom. The zero-order valence-corrected chi connectivity index (χ0v) is 10.3. The highest BCUT2D eigenvalue weighted by Crippen LogP contribution is 2.30. The third-order valence-electron chi connectivity index (χ3n) is 3.37. The maximum absolute atomic E-state index is 13.1. The molecule has 0 radical (unpaired) electrons. The molecule has 0 aliphatic heterocycles. The van der Waals surface area contributed by atoms with Gasteiger partial charge in [-0.2, -0.15) is 4.39 Å². The minimum atomic E-state index is -0.498. The predicted molar refractivity (Wildman–Crippen MR) is 70.6 cm³/mol. The quantitative estimate of drug-likeness (QED) is 0.814. The van der Waals surface area contributed by atoms with Gasteiger partial charge in [-0.1, -0.05) is 6.07 Å². The molecule has 4 nitrogen and oxygen atoms in total. The van der Waals surface area contributed by atoms with E-state index in [4.69, 9.17) is 0 Å². The van der Waals surface area contributed by atoms with E-state index in [1.807, 2.05) is 6.07 Å². The smallest absolute Gasteiger partial charge is 0.248 e. The zero-order chi connectivity index (χ0) is 13.2. The number of halogens is 1. The van der Waals surface area contributed by atoms with Gasteiger partial charge in [0.15, 0.2) is 0 Å². The van der Waals surface area contributed by atoms with Crippen molar-refractivity contribution in [3.8, 4) is 0 Å². The molecule has 2 aromatic heterocycles. The van der Waals surface area contributed by atoms with Crippen molar-refractivity contribution < 1.29 is 4.39 Å². The summed E-state index contributed by atoms with van der Waals surface area (Å²) in [7, 11) is 0. The molecule has 0 saturated heterocycles. The molecule has 1 aliphatic carbocycles. The Labute approximate surface area is 109 Å². The number of hydrogen-bond donors (Lipinski definition) is 2. The topological polar surface area (TPSA) is 57.8 Å². The molecule has 0 saturated carbocycles. The number of H-pyrrole nitrogens is 1. The molecule has 1 aliphatic rings. The molecule has 2 heterocycles. The average Bonchev–Trinajstić information content (AvgIpc) is 2.38. The maximum Gasteiger partial charge on any atom is 0.248 e. The number of pyridine rings is 2. The van der Waals surface area contributed by atoms with Crippen molar-refractivity contribution in [2.45, 2.75) is 25.3 Å². The fourth-order valence-electron chi connectivity index (χ4n) is 2.52. The highest BCUT2D eigenvalue weighted by Gasteiger charge is 2.20. The lowest BCUT2D eigenvalue weighted by Gasteiger charge is -2.26. The minimum absolute atomic E-state index is 0.0647. The van der Waals surface area contributed by atoms with E-state index in [9.17, 15) is 9.18 Å². The second-order valence-corrected chi connectivity index (χ2v) is 4.69. The van der Waals surface area contributed by atoms with E-state index in [1.54, 1.807) is 12.1 Å². The Morgan fingerprint density at radius 1 is 1.32 bits per heavy atom. The van der Waals surface area contributed by atoms with Crippen LogP contribution in [0.3, 0.4) is 0 Å². The minimum Gasteiger partial charge on any atom is -0.363 e. The van der Waals surface area contributed by atoms with Gasteiger partial charge in [-0.3, -0.25) is 4.79 Å². The van der Waals surface area contributed by atoms with Crippen molar-refractivity contribution in [3.05, 3.63) is 57.9 Å². The number of hydrogen-bond acceptors (Lipinski definition) is 3. The Bertz CT molecular complexity index is 653. The van der Waals surface area contributed by atoms with Crippen LogP contribution in [0.4, 0.5) is 10.2 Å². The number of aromatic nitrogens is 2. The predicted octanol–water partition coefficient (Wildman–Crippen LogP) is 2.40. The number of aromatic amines is 1. The summed E-state index contributed by atoms with van der Waals surface area (Å²) in [6, 6.07) is 8.11.